The van der Waals surface area contributed by atoms with Crippen LogP contribution in [0.4, 0.5) is 0 Å². The molecule has 3 N–H and O–H groups in total. The van der Waals surface area contributed by atoms with Crippen LogP contribution in [0.2, 0.25) is 0 Å². The molecule has 0 amide bonds. The van der Waals surface area contributed by atoms with Gasteiger partial charge in [0.05, 0.1) is 12.2 Å². The number of hydrogen-bond donors (Lipinski definition) is 3. The fourth-order valence-electron chi connectivity index (χ4n) is 3.25. The third-order valence-corrected chi connectivity index (χ3v) is 4.56. The Morgan fingerprint density at radius 2 is 1.88 bits per heavy atom. The smallest absolute Gasteiger partial charge is 0.191 e. The van der Waals surface area contributed by atoms with Gasteiger partial charge in [-0.15, -0.1) is 24.0 Å². The van der Waals surface area contributed by atoms with Crippen molar-refractivity contribution < 1.29 is 5.11 Å². The lowest BCUT2D eigenvalue weighted by atomic mass is 10.0. The van der Waals surface area contributed by atoms with Gasteiger partial charge in [0.25, 0.3) is 0 Å². The summed E-state index contributed by atoms with van der Waals surface area (Å²) in [4.78, 5) is 4.79. The lowest BCUT2D eigenvalue weighted by molar-refractivity contribution is 0.251. The van der Waals surface area contributed by atoms with E-state index in [0.29, 0.717) is 12.5 Å². The van der Waals surface area contributed by atoms with Crippen molar-refractivity contribution in [3.8, 4) is 0 Å². The summed E-state index contributed by atoms with van der Waals surface area (Å²) in [6.45, 7) is 11.1. The lowest BCUT2D eigenvalue weighted by Crippen LogP contribution is -2.40. The van der Waals surface area contributed by atoms with Gasteiger partial charge in [-0.25, -0.2) is 4.99 Å². The van der Waals surface area contributed by atoms with Gasteiger partial charge in [0.2, 0.25) is 0 Å². The largest absolute Gasteiger partial charge is 0.396 e. The van der Waals surface area contributed by atoms with Crippen molar-refractivity contribution in [3.05, 3.63) is 17.0 Å². The normalized spacial score (nSPS) is 12.6. The number of aliphatic imine (C=N–C) groups is 1. The minimum Gasteiger partial charge on any atom is -0.396 e. The quantitative estimate of drug-likeness (QED) is 0.259. The van der Waals surface area contributed by atoms with Crippen molar-refractivity contribution in [2.24, 2.45) is 18.0 Å². The number of aromatic nitrogens is 2. The average molecular weight is 479 g/mol. The molecule has 1 unspecified atom stereocenters. The zero-order valence-electron chi connectivity index (χ0n) is 17.1. The van der Waals surface area contributed by atoms with Gasteiger partial charge < -0.3 is 15.7 Å². The summed E-state index contributed by atoms with van der Waals surface area (Å²) in [5.41, 5.74) is 3.66. The van der Waals surface area contributed by atoms with Crippen molar-refractivity contribution in [2.45, 2.75) is 66.3 Å². The number of rotatable bonds is 11. The number of guanidine groups is 1. The first-order chi connectivity index (χ1) is 12.1. The molecule has 0 spiro atoms. The van der Waals surface area contributed by atoms with Crippen LogP contribution in [-0.4, -0.2) is 40.5 Å². The molecule has 0 saturated heterocycles. The zero-order valence-corrected chi connectivity index (χ0v) is 19.5. The second kappa shape index (κ2) is 14.3. The highest BCUT2D eigenvalue weighted by Gasteiger charge is 2.14. The molecule has 0 aromatic carbocycles. The van der Waals surface area contributed by atoms with Crippen molar-refractivity contribution in [3.63, 3.8) is 0 Å². The van der Waals surface area contributed by atoms with Gasteiger partial charge in [0.1, 0.15) is 0 Å². The Kier molecular flexibility index (Phi) is 13.8. The van der Waals surface area contributed by atoms with Gasteiger partial charge in [0.15, 0.2) is 5.96 Å². The Balaban J connectivity index is 0.00000625. The first-order valence-electron chi connectivity index (χ1n) is 9.77. The van der Waals surface area contributed by atoms with Gasteiger partial charge in [0, 0.05) is 38.0 Å². The van der Waals surface area contributed by atoms with Crippen molar-refractivity contribution in [1.82, 2.24) is 20.4 Å². The molecule has 0 aliphatic rings. The average Bonchev–Trinajstić information content (AvgIpc) is 2.92. The second-order valence-electron chi connectivity index (χ2n) is 6.45. The molecule has 0 bridgehead atoms. The molecule has 6 nitrogen and oxygen atoms in total. The maximum Gasteiger partial charge on any atom is 0.191 e. The summed E-state index contributed by atoms with van der Waals surface area (Å²) in [6.07, 6.45) is 4.99. The molecule has 1 atom stereocenters. The van der Waals surface area contributed by atoms with Crippen LogP contribution in [0, 0.1) is 5.92 Å². The van der Waals surface area contributed by atoms with E-state index < -0.39 is 0 Å². The van der Waals surface area contributed by atoms with Gasteiger partial charge in [-0.3, -0.25) is 4.68 Å². The minimum atomic E-state index is 0. The van der Waals surface area contributed by atoms with Gasteiger partial charge in [-0.2, -0.15) is 5.10 Å². The fourth-order valence-corrected chi connectivity index (χ4v) is 3.25. The molecule has 1 aromatic heterocycles. The molecule has 1 heterocycles. The zero-order chi connectivity index (χ0) is 18.7. The van der Waals surface area contributed by atoms with Crippen molar-refractivity contribution >= 4 is 29.9 Å². The lowest BCUT2D eigenvalue weighted by Gasteiger charge is -2.18. The molecular formula is C19H38IN5O. The van der Waals surface area contributed by atoms with Crippen LogP contribution < -0.4 is 10.6 Å². The number of hydrogen-bond acceptors (Lipinski definition) is 3. The number of halogens is 1. The van der Waals surface area contributed by atoms with E-state index in [9.17, 15) is 5.11 Å². The summed E-state index contributed by atoms with van der Waals surface area (Å²) in [5.74, 6) is 1.32. The molecule has 0 radical (unpaired) electrons. The predicted molar refractivity (Wildman–Crippen MR) is 120 cm³/mol. The van der Waals surface area contributed by atoms with Crippen LogP contribution in [0.25, 0.3) is 0 Å². The third kappa shape index (κ3) is 7.82. The van der Waals surface area contributed by atoms with E-state index in [-0.39, 0.29) is 30.6 Å². The van der Waals surface area contributed by atoms with E-state index in [4.69, 9.17) is 4.99 Å². The summed E-state index contributed by atoms with van der Waals surface area (Å²) >= 11 is 0. The Hall–Kier alpha value is -0.830. The minimum absolute atomic E-state index is 0. The molecule has 26 heavy (non-hydrogen) atoms. The molecule has 0 aliphatic heterocycles. The first-order valence-corrected chi connectivity index (χ1v) is 9.77. The molecule has 0 fully saturated rings. The summed E-state index contributed by atoms with van der Waals surface area (Å²) < 4.78 is 1.99. The highest BCUT2D eigenvalue weighted by molar-refractivity contribution is 14.0. The fraction of sp³-hybridized carbons (Fsp3) is 0.789. The first kappa shape index (κ1) is 25.2. The molecule has 1 rings (SSSR count). The molecule has 7 heteroatoms. The highest BCUT2D eigenvalue weighted by Crippen LogP contribution is 2.16. The van der Waals surface area contributed by atoms with E-state index in [1.54, 1.807) is 0 Å². The summed E-state index contributed by atoms with van der Waals surface area (Å²) in [7, 11) is 2.01. The van der Waals surface area contributed by atoms with Gasteiger partial charge in [-0.05, 0) is 38.5 Å². The molecular weight excluding hydrogens is 441 g/mol. The standard InChI is InChI=1S/C19H37N5O.HI/c1-6-10-15(11-12-25)13-21-19(20-9-4)22-14-16-17(7-2)23-24(5)18(16)8-3;/h15,25H,6-14H2,1-5H3,(H2,20,21,22);1H. The van der Waals surface area contributed by atoms with E-state index in [1.807, 2.05) is 11.7 Å². The van der Waals surface area contributed by atoms with Crippen LogP contribution in [0.3, 0.4) is 0 Å². The van der Waals surface area contributed by atoms with Gasteiger partial charge >= 0.3 is 0 Å². The van der Waals surface area contributed by atoms with E-state index in [0.717, 1.165) is 56.8 Å². The summed E-state index contributed by atoms with van der Waals surface area (Å²) in [6, 6.07) is 0. The Morgan fingerprint density at radius 1 is 1.15 bits per heavy atom. The number of aryl methyl sites for hydroxylation is 2. The molecule has 152 valence electrons. The predicted octanol–water partition coefficient (Wildman–Crippen LogP) is 3.02. The van der Waals surface area contributed by atoms with Gasteiger partial charge in [-0.1, -0.05) is 27.2 Å². The summed E-state index contributed by atoms with van der Waals surface area (Å²) in [5, 5.41) is 20.6. The second-order valence-corrected chi connectivity index (χ2v) is 6.45. The Labute approximate surface area is 176 Å². The van der Waals surface area contributed by atoms with Crippen LogP contribution in [0.5, 0.6) is 0 Å². The maximum absolute atomic E-state index is 9.22. The Bertz CT molecular complexity index is 524. The SMILES string of the molecule is CCCC(CCO)CNC(=NCc1c(CC)nn(C)c1CC)NCC.I. The monoisotopic (exact) mass is 479 g/mol. The number of aliphatic hydroxyl groups excluding tert-OH is 1. The molecule has 0 aliphatic carbocycles. The van der Waals surface area contributed by atoms with Crippen molar-refractivity contribution in [2.75, 3.05) is 19.7 Å². The van der Waals surface area contributed by atoms with E-state index >= 15 is 0 Å². The van der Waals surface area contributed by atoms with Crippen LogP contribution in [0.15, 0.2) is 4.99 Å². The third-order valence-electron chi connectivity index (χ3n) is 4.56. The number of nitrogens with zero attached hydrogens (tertiary/aromatic N) is 3. The van der Waals surface area contributed by atoms with E-state index in [1.165, 1.54) is 11.3 Å². The maximum atomic E-state index is 9.22. The number of aliphatic hydroxyl groups is 1. The van der Waals surface area contributed by atoms with Crippen molar-refractivity contribution in [1.29, 1.82) is 0 Å². The highest BCUT2D eigenvalue weighted by atomic mass is 127. The molecule has 1 aromatic rings. The Morgan fingerprint density at radius 3 is 2.42 bits per heavy atom. The number of nitrogens with one attached hydrogen (secondary N) is 2. The van der Waals surface area contributed by atoms with E-state index in [2.05, 4.69) is 43.4 Å². The topological polar surface area (TPSA) is 74.5 Å². The van der Waals surface area contributed by atoms with Crippen LogP contribution in [-0.2, 0) is 26.4 Å². The van der Waals surface area contributed by atoms with Crippen LogP contribution in [0.1, 0.15) is 63.9 Å². The molecule has 0 saturated carbocycles. The van der Waals surface area contributed by atoms with Crippen LogP contribution >= 0.6 is 24.0 Å².